The zero-order chi connectivity index (χ0) is 20.2. The van der Waals surface area contributed by atoms with E-state index in [4.69, 9.17) is 4.84 Å². The minimum atomic E-state index is -0.797. The number of amides is 2. The van der Waals surface area contributed by atoms with Gasteiger partial charge >= 0.3 is 5.97 Å². The van der Waals surface area contributed by atoms with Gasteiger partial charge in [0.05, 0.1) is 22.9 Å². The number of aromatic nitrogens is 3. The highest BCUT2D eigenvalue weighted by Crippen LogP contribution is 2.24. The van der Waals surface area contributed by atoms with Crippen molar-refractivity contribution in [1.82, 2.24) is 19.8 Å². The number of fused-ring (bicyclic) bond motifs is 2. The fourth-order valence-electron chi connectivity index (χ4n) is 3.40. The molecular formula is C19H16N4O5. The summed E-state index contributed by atoms with van der Waals surface area (Å²) < 4.78 is 1.31. The van der Waals surface area contributed by atoms with Crippen molar-refractivity contribution >= 4 is 28.8 Å². The van der Waals surface area contributed by atoms with E-state index >= 15 is 0 Å². The van der Waals surface area contributed by atoms with E-state index in [2.05, 4.69) is 10.1 Å². The summed E-state index contributed by atoms with van der Waals surface area (Å²) >= 11 is 0. The van der Waals surface area contributed by atoms with Crippen LogP contribution in [-0.4, -0.2) is 37.6 Å². The summed E-state index contributed by atoms with van der Waals surface area (Å²) in [6, 6.07) is 6.25. The van der Waals surface area contributed by atoms with Crippen molar-refractivity contribution in [3.63, 3.8) is 0 Å². The van der Waals surface area contributed by atoms with Crippen LogP contribution in [0.1, 0.15) is 37.5 Å². The van der Waals surface area contributed by atoms with E-state index in [0.717, 1.165) is 0 Å². The Morgan fingerprint density at radius 3 is 2.32 bits per heavy atom. The number of aromatic amines is 1. The minimum absolute atomic E-state index is 0.187. The van der Waals surface area contributed by atoms with Crippen molar-refractivity contribution in [2.75, 3.05) is 0 Å². The number of carbonyl (C=O) groups excluding carboxylic acids is 3. The SMILES string of the molecule is Cc1nc2[nH]n(C)c(=O)c2c(C)c1CC(=O)ON1C(=O)c2ccccc2C1=O. The highest BCUT2D eigenvalue weighted by Gasteiger charge is 2.38. The molecule has 1 aliphatic heterocycles. The van der Waals surface area contributed by atoms with E-state index in [1.165, 1.54) is 16.8 Å². The van der Waals surface area contributed by atoms with Crippen molar-refractivity contribution in [3.05, 3.63) is 62.6 Å². The predicted octanol–water partition coefficient (Wildman–Crippen LogP) is 1.18. The molecular weight excluding hydrogens is 364 g/mol. The molecule has 0 bridgehead atoms. The van der Waals surface area contributed by atoms with Gasteiger partial charge < -0.3 is 4.84 Å². The van der Waals surface area contributed by atoms with Crippen molar-refractivity contribution in [2.24, 2.45) is 7.05 Å². The molecule has 0 saturated heterocycles. The Hall–Kier alpha value is -3.75. The fraction of sp³-hybridized carbons (Fsp3) is 0.211. The average molecular weight is 380 g/mol. The molecule has 0 saturated carbocycles. The van der Waals surface area contributed by atoms with Gasteiger partial charge in [0.2, 0.25) is 0 Å². The van der Waals surface area contributed by atoms with Crippen molar-refractivity contribution in [1.29, 1.82) is 0 Å². The summed E-state index contributed by atoms with van der Waals surface area (Å²) in [5.74, 6) is -2.17. The van der Waals surface area contributed by atoms with Crippen LogP contribution in [0.25, 0.3) is 11.0 Å². The first kappa shape index (κ1) is 17.7. The lowest BCUT2D eigenvalue weighted by atomic mass is 10.0. The number of carbonyl (C=O) groups is 3. The fourth-order valence-corrected chi connectivity index (χ4v) is 3.40. The first-order valence-electron chi connectivity index (χ1n) is 8.53. The highest BCUT2D eigenvalue weighted by atomic mass is 16.7. The largest absolute Gasteiger partial charge is 0.337 e. The average Bonchev–Trinajstić information content (AvgIpc) is 3.07. The smallest absolute Gasteiger partial charge is 0.329 e. The minimum Gasteiger partial charge on any atom is -0.329 e. The summed E-state index contributed by atoms with van der Waals surface area (Å²) in [5, 5.41) is 3.71. The summed E-state index contributed by atoms with van der Waals surface area (Å²) in [6.07, 6.45) is -0.234. The van der Waals surface area contributed by atoms with Crippen LogP contribution in [0.15, 0.2) is 29.1 Å². The molecule has 0 unspecified atom stereocenters. The molecule has 9 nitrogen and oxygen atoms in total. The Morgan fingerprint density at radius 1 is 1.11 bits per heavy atom. The zero-order valence-corrected chi connectivity index (χ0v) is 15.4. The molecule has 28 heavy (non-hydrogen) atoms. The van der Waals surface area contributed by atoms with Gasteiger partial charge in [-0.3, -0.25) is 24.2 Å². The number of nitrogens with one attached hydrogen (secondary N) is 1. The first-order chi connectivity index (χ1) is 13.3. The molecule has 9 heteroatoms. The van der Waals surface area contributed by atoms with E-state index in [9.17, 15) is 19.2 Å². The molecule has 142 valence electrons. The Balaban J connectivity index is 1.62. The van der Waals surface area contributed by atoms with Gasteiger partial charge in [0, 0.05) is 12.7 Å². The van der Waals surface area contributed by atoms with Crippen molar-refractivity contribution in [3.8, 4) is 0 Å². The molecule has 1 N–H and O–H groups in total. The predicted molar refractivity (Wildman–Crippen MR) is 97.5 cm³/mol. The third kappa shape index (κ3) is 2.51. The molecule has 4 rings (SSSR count). The van der Waals surface area contributed by atoms with E-state index in [-0.39, 0.29) is 23.1 Å². The summed E-state index contributed by atoms with van der Waals surface area (Å²) in [5.41, 5.74) is 2.22. The van der Waals surface area contributed by atoms with Crippen molar-refractivity contribution < 1.29 is 19.2 Å². The monoisotopic (exact) mass is 380 g/mol. The van der Waals surface area contributed by atoms with Gasteiger partial charge in [0.1, 0.15) is 0 Å². The summed E-state index contributed by atoms with van der Waals surface area (Å²) in [7, 11) is 1.58. The van der Waals surface area contributed by atoms with Gasteiger partial charge in [-0.1, -0.05) is 17.2 Å². The third-order valence-corrected chi connectivity index (χ3v) is 4.84. The molecule has 1 aliphatic rings. The summed E-state index contributed by atoms with van der Waals surface area (Å²) in [4.78, 5) is 58.7. The second-order valence-corrected chi connectivity index (χ2v) is 6.59. The van der Waals surface area contributed by atoms with Crippen LogP contribution in [0.3, 0.4) is 0 Å². The van der Waals surface area contributed by atoms with Gasteiger partial charge in [-0.05, 0) is 37.1 Å². The lowest BCUT2D eigenvalue weighted by molar-refractivity contribution is -0.167. The van der Waals surface area contributed by atoms with Gasteiger partial charge in [0.15, 0.2) is 5.65 Å². The molecule has 3 heterocycles. The normalized spacial score (nSPS) is 13.3. The quantitative estimate of drug-likeness (QED) is 0.683. The van der Waals surface area contributed by atoms with Gasteiger partial charge in [-0.2, -0.15) is 0 Å². The van der Waals surface area contributed by atoms with Gasteiger partial charge in [0.25, 0.3) is 17.4 Å². The van der Waals surface area contributed by atoms with Gasteiger partial charge in [-0.25, -0.2) is 9.78 Å². The number of H-pyrrole nitrogens is 1. The molecule has 0 atom stereocenters. The topological polar surface area (TPSA) is 114 Å². The van der Waals surface area contributed by atoms with Crippen LogP contribution in [0.4, 0.5) is 0 Å². The molecule has 0 fully saturated rings. The van der Waals surface area contributed by atoms with Crippen molar-refractivity contribution in [2.45, 2.75) is 20.3 Å². The number of imide groups is 1. The third-order valence-electron chi connectivity index (χ3n) is 4.84. The number of nitrogens with zero attached hydrogens (tertiary/aromatic N) is 3. The number of hydrogen-bond acceptors (Lipinski definition) is 6. The number of hydroxylamine groups is 2. The molecule has 2 amide bonds. The lowest BCUT2D eigenvalue weighted by Crippen LogP contribution is -2.33. The molecule has 0 aliphatic carbocycles. The maximum atomic E-state index is 12.5. The first-order valence-corrected chi connectivity index (χ1v) is 8.53. The van der Waals surface area contributed by atoms with Crippen LogP contribution in [0, 0.1) is 13.8 Å². The number of hydrogen-bond donors (Lipinski definition) is 1. The van der Waals surface area contributed by atoms with Crippen LogP contribution < -0.4 is 5.56 Å². The molecule has 2 aromatic heterocycles. The lowest BCUT2D eigenvalue weighted by Gasteiger charge is -2.14. The molecule has 3 aromatic rings. The summed E-state index contributed by atoms with van der Waals surface area (Å²) in [6.45, 7) is 3.43. The molecule has 0 radical (unpaired) electrons. The van der Waals surface area contributed by atoms with E-state index < -0.39 is 17.8 Å². The number of benzene rings is 1. The maximum Gasteiger partial charge on any atom is 0.337 e. The Morgan fingerprint density at radius 2 is 1.71 bits per heavy atom. The Bertz CT molecular complexity index is 1200. The second-order valence-electron chi connectivity index (χ2n) is 6.59. The zero-order valence-electron chi connectivity index (χ0n) is 15.4. The van der Waals surface area contributed by atoms with Crippen LogP contribution in [-0.2, 0) is 23.1 Å². The molecule has 1 aromatic carbocycles. The second kappa shape index (κ2) is 6.15. The maximum absolute atomic E-state index is 12.5. The van der Waals surface area contributed by atoms with E-state index in [0.29, 0.717) is 32.9 Å². The van der Waals surface area contributed by atoms with Crippen LogP contribution in [0.5, 0.6) is 0 Å². The number of aryl methyl sites for hydroxylation is 3. The van der Waals surface area contributed by atoms with E-state index in [1.807, 2.05) is 0 Å². The Labute approximate surface area is 158 Å². The van der Waals surface area contributed by atoms with Gasteiger partial charge in [-0.15, -0.1) is 0 Å². The highest BCUT2D eigenvalue weighted by molar-refractivity contribution is 6.20. The van der Waals surface area contributed by atoms with Crippen LogP contribution in [0.2, 0.25) is 0 Å². The molecule has 0 spiro atoms. The van der Waals surface area contributed by atoms with E-state index in [1.54, 1.807) is 33.0 Å². The number of pyridine rings is 1. The number of rotatable bonds is 3. The van der Waals surface area contributed by atoms with Crippen LogP contribution >= 0.6 is 0 Å². The standard InChI is InChI=1S/C19H16N4O5/c1-9-13(10(2)20-16-15(9)19(27)22(3)21-16)8-14(24)28-23-17(25)11-6-4-5-7-12(11)18(23)26/h4-7H,8H2,1-3H3,(H,20,21). The Kier molecular flexibility index (Phi) is 3.88.